The minimum Gasteiger partial charge on any atom is -0.453 e. The van der Waals surface area contributed by atoms with Gasteiger partial charge in [-0.2, -0.15) is 0 Å². The van der Waals surface area contributed by atoms with Crippen molar-refractivity contribution in [3.05, 3.63) is 60.7 Å². The quantitative estimate of drug-likeness (QED) is 0.590. The summed E-state index contributed by atoms with van der Waals surface area (Å²) in [5, 5.41) is 2.30. The Morgan fingerprint density at radius 1 is 1.24 bits per heavy atom. The van der Waals surface area contributed by atoms with Gasteiger partial charge in [0.2, 0.25) is 0 Å². The first-order valence-electron chi connectivity index (χ1n) is 5.49. The van der Waals surface area contributed by atoms with E-state index in [0.29, 0.717) is 0 Å². The van der Waals surface area contributed by atoms with E-state index in [-0.39, 0.29) is 12.1 Å². The van der Waals surface area contributed by atoms with Crippen molar-refractivity contribution in [1.82, 2.24) is 0 Å². The SMILES string of the molecule is C=CC(OC(C)=O)c1ccc2ccccc2c1. The molecule has 2 rings (SSSR count). The summed E-state index contributed by atoms with van der Waals surface area (Å²) in [6.07, 6.45) is 1.25. The van der Waals surface area contributed by atoms with Crippen molar-refractivity contribution in [2.75, 3.05) is 0 Å². The maximum Gasteiger partial charge on any atom is 0.303 e. The Kier molecular flexibility index (Phi) is 3.24. The normalized spacial score (nSPS) is 12.1. The summed E-state index contributed by atoms with van der Waals surface area (Å²) in [7, 11) is 0. The number of hydrogen-bond acceptors (Lipinski definition) is 2. The van der Waals surface area contributed by atoms with Crippen LogP contribution < -0.4 is 0 Å². The summed E-state index contributed by atoms with van der Waals surface area (Å²) in [6.45, 7) is 5.09. The molecule has 2 aromatic rings. The molecule has 0 aliphatic carbocycles. The third-order valence-corrected chi connectivity index (χ3v) is 2.61. The van der Waals surface area contributed by atoms with Gasteiger partial charge >= 0.3 is 5.97 Å². The second kappa shape index (κ2) is 4.83. The highest BCUT2D eigenvalue weighted by Crippen LogP contribution is 2.23. The molecule has 0 bridgehead atoms. The highest BCUT2D eigenvalue weighted by atomic mass is 16.5. The van der Waals surface area contributed by atoms with Gasteiger partial charge in [-0.05, 0) is 28.5 Å². The average Bonchev–Trinajstić information content (AvgIpc) is 2.35. The van der Waals surface area contributed by atoms with E-state index in [1.807, 2.05) is 42.5 Å². The minimum absolute atomic E-state index is 0.303. The summed E-state index contributed by atoms with van der Waals surface area (Å²) in [5.41, 5.74) is 0.939. The largest absolute Gasteiger partial charge is 0.453 e. The highest BCUT2D eigenvalue weighted by Gasteiger charge is 2.10. The molecule has 1 unspecified atom stereocenters. The van der Waals surface area contributed by atoms with E-state index in [4.69, 9.17) is 4.74 Å². The third kappa shape index (κ3) is 2.53. The first-order chi connectivity index (χ1) is 8.20. The number of hydrogen-bond donors (Lipinski definition) is 0. The van der Waals surface area contributed by atoms with Gasteiger partial charge in [0, 0.05) is 6.92 Å². The van der Waals surface area contributed by atoms with Crippen LogP contribution in [-0.4, -0.2) is 5.97 Å². The second-order valence-corrected chi connectivity index (χ2v) is 3.87. The van der Waals surface area contributed by atoms with Gasteiger partial charge in [-0.3, -0.25) is 4.79 Å². The van der Waals surface area contributed by atoms with Gasteiger partial charge in [0.25, 0.3) is 0 Å². The maximum absolute atomic E-state index is 11.0. The Balaban J connectivity index is 2.40. The molecule has 2 aromatic carbocycles. The lowest BCUT2D eigenvalue weighted by Gasteiger charge is -2.13. The Labute approximate surface area is 101 Å². The predicted octanol–water partition coefficient (Wildman–Crippen LogP) is 3.63. The third-order valence-electron chi connectivity index (χ3n) is 2.61. The zero-order valence-corrected chi connectivity index (χ0v) is 9.72. The standard InChI is InChI=1S/C15H14O2/c1-3-15(17-11(2)16)14-9-8-12-6-4-5-7-13(12)10-14/h3-10,15H,1H2,2H3. The molecule has 0 amide bonds. The summed E-state index contributed by atoms with van der Waals surface area (Å²) < 4.78 is 5.18. The molecule has 0 heterocycles. The molecule has 17 heavy (non-hydrogen) atoms. The number of fused-ring (bicyclic) bond motifs is 1. The number of rotatable bonds is 3. The van der Waals surface area contributed by atoms with Crippen molar-refractivity contribution in [3.63, 3.8) is 0 Å². The number of ether oxygens (including phenoxy) is 1. The van der Waals surface area contributed by atoms with E-state index in [0.717, 1.165) is 10.9 Å². The topological polar surface area (TPSA) is 26.3 Å². The number of carbonyl (C=O) groups is 1. The molecule has 0 fully saturated rings. The predicted molar refractivity (Wildman–Crippen MR) is 68.7 cm³/mol. The molecule has 0 aliphatic rings. The minimum atomic E-state index is -0.378. The van der Waals surface area contributed by atoms with Crippen molar-refractivity contribution in [3.8, 4) is 0 Å². The van der Waals surface area contributed by atoms with Crippen LogP contribution in [0.5, 0.6) is 0 Å². The van der Waals surface area contributed by atoms with Crippen LogP contribution in [0.1, 0.15) is 18.6 Å². The van der Waals surface area contributed by atoms with E-state index in [9.17, 15) is 4.79 Å². The fourth-order valence-corrected chi connectivity index (χ4v) is 1.82. The molecule has 0 saturated heterocycles. The summed E-state index contributed by atoms with van der Waals surface area (Å²) in [4.78, 5) is 11.0. The fourth-order valence-electron chi connectivity index (χ4n) is 1.82. The number of benzene rings is 2. The van der Waals surface area contributed by atoms with Crippen molar-refractivity contribution < 1.29 is 9.53 Å². The van der Waals surface area contributed by atoms with Crippen molar-refractivity contribution in [1.29, 1.82) is 0 Å². The lowest BCUT2D eigenvalue weighted by molar-refractivity contribution is -0.144. The number of carbonyl (C=O) groups excluding carboxylic acids is 1. The molecule has 0 aliphatic heterocycles. The molecule has 86 valence electrons. The second-order valence-electron chi connectivity index (χ2n) is 3.87. The van der Waals surface area contributed by atoms with Gasteiger partial charge in [0.05, 0.1) is 0 Å². The van der Waals surface area contributed by atoms with Gasteiger partial charge in [0.15, 0.2) is 0 Å². The number of esters is 1. The lowest BCUT2D eigenvalue weighted by Crippen LogP contribution is -2.05. The van der Waals surface area contributed by atoms with Crippen LogP contribution in [0, 0.1) is 0 Å². The molecule has 2 nitrogen and oxygen atoms in total. The smallest absolute Gasteiger partial charge is 0.303 e. The molecular weight excluding hydrogens is 212 g/mol. The molecule has 0 N–H and O–H groups in total. The zero-order chi connectivity index (χ0) is 12.3. The van der Waals surface area contributed by atoms with Crippen LogP contribution in [-0.2, 0) is 9.53 Å². The Morgan fingerprint density at radius 2 is 1.94 bits per heavy atom. The van der Waals surface area contributed by atoms with Gasteiger partial charge in [-0.15, -0.1) is 0 Å². The molecule has 1 atom stereocenters. The molecule has 0 spiro atoms. The molecule has 0 saturated carbocycles. The first-order valence-corrected chi connectivity index (χ1v) is 5.49. The van der Waals surface area contributed by atoms with Crippen LogP contribution in [0.2, 0.25) is 0 Å². The van der Waals surface area contributed by atoms with Gasteiger partial charge in [-0.1, -0.05) is 43.0 Å². The zero-order valence-electron chi connectivity index (χ0n) is 9.72. The van der Waals surface area contributed by atoms with E-state index < -0.39 is 0 Å². The summed E-state index contributed by atoms with van der Waals surface area (Å²) in [5.74, 6) is -0.303. The van der Waals surface area contributed by atoms with Gasteiger partial charge in [-0.25, -0.2) is 0 Å². The van der Waals surface area contributed by atoms with Crippen LogP contribution in [0.25, 0.3) is 10.8 Å². The van der Waals surface area contributed by atoms with Crippen LogP contribution in [0.15, 0.2) is 55.1 Å². The molecular formula is C15H14O2. The van der Waals surface area contributed by atoms with Crippen molar-refractivity contribution in [2.45, 2.75) is 13.0 Å². The Hall–Kier alpha value is -2.09. The van der Waals surface area contributed by atoms with E-state index >= 15 is 0 Å². The van der Waals surface area contributed by atoms with E-state index in [2.05, 4.69) is 6.58 Å². The lowest BCUT2D eigenvalue weighted by atomic mass is 10.0. The summed E-state index contributed by atoms with van der Waals surface area (Å²) in [6, 6.07) is 14.1. The monoisotopic (exact) mass is 226 g/mol. The highest BCUT2D eigenvalue weighted by molar-refractivity contribution is 5.83. The van der Waals surface area contributed by atoms with Gasteiger partial charge < -0.3 is 4.74 Å². The van der Waals surface area contributed by atoms with Crippen LogP contribution in [0.3, 0.4) is 0 Å². The van der Waals surface area contributed by atoms with Crippen LogP contribution >= 0.6 is 0 Å². The first kappa shape index (κ1) is 11.4. The van der Waals surface area contributed by atoms with E-state index in [1.54, 1.807) is 6.08 Å². The maximum atomic E-state index is 11.0. The summed E-state index contributed by atoms with van der Waals surface area (Å²) >= 11 is 0. The average molecular weight is 226 g/mol. The van der Waals surface area contributed by atoms with Gasteiger partial charge in [0.1, 0.15) is 6.10 Å². The van der Waals surface area contributed by atoms with E-state index in [1.165, 1.54) is 12.3 Å². The van der Waals surface area contributed by atoms with Crippen molar-refractivity contribution >= 4 is 16.7 Å². The fraction of sp³-hybridized carbons (Fsp3) is 0.133. The van der Waals surface area contributed by atoms with Crippen LogP contribution in [0.4, 0.5) is 0 Å². The molecule has 0 radical (unpaired) electrons. The molecule has 2 heteroatoms. The van der Waals surface area contributed by atoms with Crippen molar-refractivity contribution in [2.24, 2.45) is 0 Å². The Morgan fingerprint density at radius 3 is 2.59 bits per heavy atom. The molecule has 0 aromatic heterocycles. The Bertz CT molecular complexity index is 558.